The van der Waals surface area contributed by atoms with Gasteiger partial charge in [0.2, 0.25) is 5.82 Å². The van der Waals surface area contributed by atoms with Crippen LogP contribution in [-0.4, -0.2) is 38.1 Å². The Hall–Kier alpha value is -1.95. The number of H-pyrrole nitrogens is 1. The Labute approximate surface area is 106 Å². The van der Waals surface area contributed by atoms with E-state index >= 15 is 0 Å². The molecule has 3 atom stereocenters. The summed E-state index contributed by atoms with van der Waals surface area (Å²) in [4.78, 5) is 24.2. The summed E-state index contributed by atoms with van der Waals surface area (Å²) >= 11 is 0. The van der Waals surface area contributed by atoms with Gasteiger partial charge in [0.05, 0.1) is 12.8 Å². The van der Waals surface area contributed by atoms with Crippen molar-refractivity contribution in [3.8, 4) is 12.3 Å². The molecule has 1 aliphatic heterocycles. The van der Waals surface area contributed by atoms with Gasteiger partial charge in [-0.2, -0.15) is 4.39 Å². The average Bonchev–Trinajstić information content (AvgIpc) is 2.71. The van der Waals surface area contributed by atoms with Gasteiger partial charge in [0.1, 0.15) is 12.3 Å². The van der Waals surface area contributed by atoms with Crippen LogP contribution in [-0.2, 0) is 4.74 Å². The molecular formula is C11H11FN2O5. The number of aromatic nitrogens is 2. The molecule has 7 nitrogen and oxygen atoms in total. The number of hydrogen-bond acceptors (Lipinski definition) is 5. The molecule has 0 unspecified atom stereocenters. The van der Waals surface area contributed by atoms with Gasteiger partial charge in [-0.25, -0.2) is 4.79 Å². The zero-order valence-electron chi connectivity index (χ0n) is 9.67. The summed E-state index contributed by atoms with van der Waals surface area (Å²) in [5.74, 6) is 0.909. The maximum atomic E-state index is 13.2. The summed E-state index contributed by atoms with van der Waals surface area (Å²) in [6.07, 6.45) is 3.45. The third-order valence-electron chi connectivity index (χ3n) is 2.99. The summed E-state index contributed by atoms with van der Waals surface area (Å²) in [6.45, 7) is -0.558. The van der Waals surface area contributed by atoms with Crippen molar-refractivity contribution in [2.24, 2.45) is 0 Å². The first kappa shape index (κ1) is 13.5. The highest BCUT2D eigenvalue weighted by molar-refractivity contribution is 5.15. The lowest BCUT2D eigenvalue weighted by molar-refractivity contribution is -0.0626. The molecule has 1 aliphatic rings. The lowest BCUT2D eigenvalue weighted by Crippen LogP contribution is -2.38. The van der Waals surface area contributed by atoms with Crippen molar-refractivity contribution >= 4 is 0 Å². The standard InChI is InChI=1S/C11H11FN2O5/c1-2-11(18)3-8(19-7(11)5-15)14-4-6(12)9(16)13-10(14)17/h1,4,7-8,15,18H,3,5H2,(H,13,16,17)/t7-,8-,11+/m1/s1. The summed E-state index contributed by atoms with van der Waals surface area (Å²) in [5, 5.41) is 19.1. The van der Waals surface area contributed by atoms with Gasteiger partial charge in [-0.3, -0.25) is 14.3 Å². The van der Waals surface area contributed by atoms with Crippen molar-refractivity contribution in [3.05, 3.63) is 32.9 Å². The molecule has 102 valence electrons. The molecule has 0 bridgehead atoms. The topological polar surface area (TPSA) is 105 Å². The molecule has 1 fully saturated rings. The molecule has 3 N–H and O–H groups in total. The zero-order valence-corrected chi connectivity index (χ0v) is 9.67. The third-order valence-corrected chi connectivity index (χ3v) is 2.99. The van der Waals surface area contributed by atoms with Crippen LogP contribution >= 0.6 is 0 Å². The highest BCUT2D eigenvalue weighted by Gasteiger charge is 2.47. The summed E-state index contributed by atoms with van der Waals surface area (Å²) < 4.78 is 19.1. The minimum absolute atomic E-state index is 0.208. The fourth-order valence-corrected chi connectivity index (χ4v) is 1.93. The van der Waals surface area contributed by atoms with Crippen LogP contribution in [0.5, 0.6) is 0 Å². The van der Waals surface area contributed by atoms with E-state index in [-0.39, 0.29) is 6.42 Å². The molecule has 8 heteroatoms. The highest BCUT2D eigenvalue weighted by atomic mass is 19.1. The second-order valence-electron chi connectivity index (χ2n) is 4.18. The number of nitrogens with zero attached hydrogens (tertiary/aromatic N) is 1. The van der Waals surface area contributed by atoms with Crippen LogP contribution in [0.1, 0.15) is 12.6 Å². The van der Waals surface area contributed by atoms with Gasteiger partial charge in [0.15, 0.2) is 5.60 Å². The molecule has 1 aromatic rings. The zero-order chi connectivity index (χ0) is 14.2. The van der Waals surface area contributed by atoms with E-state index in [1.165, 1.54) is 0 Å². The predicted molar refractivity (Wildman–Crippen MR) is 60.7 cm³/mol. The van der Waals surface area contributed by atoms with E-state index in [2.05, 4.69) is 5.92 Å². The first-order valence-electron chi connectivity index (χ1n) is 5.38. The second-order valence-corrected chi connectivity index (χ2v) is 4.18. The summed E-state index contributed by atoms with van der Waals surface area (Å²) in [5.41, 5.74) is -3.80. The van der Waals surface area contributed by atoms with Gasteiger partial charge in [-0.1, -0.05) is 5.92 Å². The van der Waals surface area contributed by atoms with Crippen molar-refractivity contribution in [1.82, 2.24) is 9.55 Å². The Kier molecular flexibility index (Phi) is 3.28. The van der Waals surface area contributed by atoms with Crippen molar-refractivity contribution < 1.29 is 19.3 Å². The molecule has 0 radical (unpaired) electrons. The molecule has 0 aromatic carbocycles. The Morgan fingerprint density at radius 1 is 1.68 bits per heavy atom. The molecular weight excluding hydrogens is 259 g/mol. The van der Waals surface area contributed by atoms with Gasteiger partial charge in [0.25, 0.3) is 5.56 Å². The van der Waals surface area contributed by atoms with Gasteiger partial charge in [0, 0.05) is 6.42 Å². The second kappa shape index (κ2) is 4.62. The van der Waals surface area contributed by atoms with Crippen LogP contribution in [0.15, 0.2) is 15.8 Å². The largest absolute Gasteiger partial charge is 0.394 e. The number of ether oxygens (including phenoxy) is 1. The average molecular weight is 270 g/mol. The number of rotatable bonds is 2. The monoisotopic (exact) mass is 270 g/mol. The third kappa shape index (κ3) is 2.19. The number of terminal acetylenes is 1. The van der Waals surface area contributed by atoms with E-state index < -0.39 is 41.6 Å². The van der Waals surface area contributed by atoms with Gasteiger partial charge < -0.3 is 14.9 Å². The fourth-order valence-electron chi connectivity index (χ4n) is 1.93. The molecule has 19 heavy (non-hydrogen) atoms. The molecule has 0 aliphatic carbocycles. The first-order valence-corrected chi connectivity index (χ1v) is 5.38. The van der Waals surface area contributed by atoms with Crippen LogP contribution < -0.4 is 11.2 Å². The van der Waals surface area contributed by atoms with E-state index in [0.29, 0.717) is 6.20 Å². The number of nitrogens with one attached hydrogen (secondary N) is 1. The number of aliphatic hydroxyl groups excluding tert-OH is 1. The van der Waals surface area contributed by atoms with Crippen LogP contribution in [0, 0.1) is 18.2 Å². The lowest BCUT2D eigenvalue weighted by atomic mass is 9.96. The van der Waals surface area contributed by atoms with Crippen LogP contribution in [0.2, 0.25) is 0 Å². The quantitative estimate of drug-likeness (QED) is 0.557. The fraction of sp³-hybridized carbons (Fsp3) is 0.455. The Morgan fingerprint density at radius 3 is 2.89 bits per heavy atom. The minimum Gasteiger partial charge on any atom is -0.394 e. The molecule has 2 heterocycles. The van der Waals surface area contributed by atoms with Gasteiger partial charge in [-0.15, -0.1) is 6.42 Å². The van der Waals surface area contributed by atoms with E-state index in [9.17, 15) is 19.1 Å². The first-order chi connectivity index (χ1) is 8.91. The Bertz CT molecular complexity index is 646. The van der Waals surface area contributed by atoms with E-state index in [4.69, 9.17) is 16.3 Å². The molecule has 1 aromatic heterocycles. The van der Waals surface area contributed by atoms with Crippen molar-refractivity contribution in [2.45, 2.75) is 24.4 Å². The minimum atomic E-state index is -1.76. The molecule has 1 saturated heterocycles. The number of halogens is 1. The summed E-state index contributed by atoms with van der Waals surface area (Å²) in [7, 11) is 0. The van der Waals surface area contributed by atoms with Crippen LogP contribution in [0.25, 0.3) is 0 Å². The van der Waals surface area contributed by atoms with Crippen molar-refractivity contribution in [3.63, 3.8) is 0 Å². The molecule has 0 spiro atoms. The number of hydrogen-bond donors (Lipinski definition) is 3. The maximum Gasteiger partial charge on any atom is 0.330 e. The van der Waals surface area contributed by atoms with Crippen LogP contribution in [0.3, 0.4) is 0 Å². The van der Waals surface area contributed by atoms with E-state index in [0.717, 1.165) is 4.57 Å². The van der Waals surface area contributed by atoms with Crippen LogP contribution in [0.4, 0.5) is 4.39 Å². The number of aliphatic hydroxyl groups is 2. The molecule has 0 amide bonds. The Morgan fingerprint density at radius 2 is 2.37 bits per heavy atom. The highest BCUT2D eigenvalue weighted by Crippen LogP contribution is 2.35. The van der Waals surface area contributed by atoms with Gasteiger partial charge >= 0.3 is 5.69 Å². The number of aromatic amines is 1. The normalized spacial score (nSPS) is 30.2. The maximum absolute atomic E-state index is 13.2. The van der Waals surface area contributed by atoms with E-state index in [1.54, 1.807) is 4.98 Å². The lowest BCUT2D eigenvalue weighted by Gasteiger charge is -2.19. The Balaban J connectivity index is 2.41. The molecule has 2 rings (SSSR count). The smallest absolute Gasteiger partial charge is 0.330 e. The van der Waals surface area contributed by atoms with Crippen molar-refractivity contribution in [2.75, 3.05) is 6.61 Å². The summed E-state index contributed by atoms with van der Waals surface area (Å²) in [6, 6.07) is 0. The van der Waals surface area contributed by atoms with E-state index in [1.807, 2.05) is 0 Å². The predicted octanol–water partition coefficient (Wildman–Crippen LogP) is -1.68. The SMILES string of the molecule is C#C[C@]1(O)C[C@H](n2cc(F)c(=O)[nH]c2=O)O[C@@H]1CO. The molecule has 0 saturated carbocycles. The van der Waals surface area contributed by atoms with Crippen molar-refractivity contribution in [1.29, 1.82) is 0 Å². The van der Waals surface area contributed by atoms with Gasteiger partial charge in [-0.05, 0) is 0 Å².